The molecule has 0 aliphatic rings. The second-order valence-electron chi connectivity index (χ2n) is 5.79. The summed E-state index contributed by atoms with van der Waals surface area (Å²) in [5.74, 6) is -0.988. The van der Waals surface area contributed by atoms with Crippen LogP contribution in [0.25, 0.3) is 0 Å². The number of anilines is 2. The van der Waals surface area contributed by atoms with Crippen molar-refractivity contribution >= 4 is 23.3 Å². The minimum absolute atomic E-state index is 0.251. The van der Waals surface area contributed by atoms with Crippen LogP contribution in [0.3, 0.4) is 0 Å². The fourth-order valence-corrected chi connectivity index (χ4v) is 2.57. The molecular weight excluding hydrogens is 334 g/mol. The minimum atomic E-state index is -1.38. The number of hydrogen-bond donors (Lipinski definition) is 4. The van der Waals surface area contributed by atoms with Crippen LogP contribution in [0.1, 0.15) is 15.9 Å². The molecule has 2 aromatic rings. The van der Waals surface area contributed by atoms with Gasteiger partial charge in [-0.05, 0) is 30.2 Å². The van der Waals surface area contributed by atoms with Crippen LogP contribution in [0, 0.1) is 0 Å². The average molecular weight is 357 g/mol. The van der Waals surface area contributed by atoms with E-state index < -0.39 is 18.1 Å². The third kappa shape index (κ3) is 4.73. The first-order valence-electron chi connectivity index (χ1n) is 8.14. The van der Waals surface area contributed by atoms with E-state index in [1.165, 1.54) is 20.2 Å². The van der Waals surface area contributed by atoms with E-state index in [1.807, 2.05) is 30.3 Å². The van der Waals surface area contributed by atoms with Gasteiger partial charge in [-0.25, -0.2) is 4.79 Å². The number of nitrogens with one attached hydrogen (secondary N) is 2. The highest BCUT2D eigenvalue weighted by Gasteiger charge is 2.27. The van der Waals surface area contributed by atoms with Gasteiger partial charge in [0.2, 0.25) is 0 Å². The molecule has 0 heterocycles. The van der Waals surface area contributed by atoms with Crippen molar-refractivity contribution in [3.8, 4) is 0 Å². The number of carbonyl (C=O) groups excluding carboxylic acids is 2. The van der Waals surface area contributed by atoms with Crippen molar-refractivity contribution in [3.63, 3.8) is 0 Å². The summed E-state index contributed by atoms with van der Waals surface area (Å²) in [6, 6.07) is 13.6. The Morgan fingerprint density at radius 2 is 1.88 bits per heavy atom. The lowest BCUT2D eigenvalue weighted by molar-refractivity contribution is -0.151. The van der Waals surface area contributed by atoms with E-state index in [-0.39, 0.29) is 5.91 Å². The van der Waals surface area contributed by atoms with Gasteiger partial charge in [0.1, 0.15) is 0 Å². The molecule has 7 heteroatoms. The maximum absolute atomic E-state index is 11.8. The molecule has 1 amide bonds. The van der Waals surface area contributed by atoms with Gasteiger partial charge in [-0.2, -0.15) is 0 Å². The number of benzene rings is 2. The van der Waals surface area contributed by atoms with Gasteiger partial charge in [0.05, 0.1) is 24.5 Å². The predicted molar refractivity (Wildman–Crippen MR) is 99.8 cm³/mol. The first-order chi connectivity index (χ1) is 12.5. The molecule has 138 valence electrons. The lowest BCUT2D eigenvalue weighted by atomic mass is 10.0. The lowest BCUT2D eigenvalue weighted by Crippen LogP contribution is -2.42. The van der Waals surface area contributed by atoms with Crippen LogP contribution in [0.2, 0.25) is 0 Å². The fourth-order valence-electron chi connectivity index (χ4n) is 2.57. The van der Waals surface area contributed by atoms with Gasteiger partial charge < -0.3 is 26.2 Å². The Kier molecular flexibility index (Phi) is 6.57. The number of ether oxygens (including phenoxy) is 1. The summed E-state index contributed by atoms with van der Waals surface area (Å²) in [7, 11) is 2.75. The van der Waals surface area contributed by atoms with E-state index in [9.17, 15) is 14.7 Å². The molecule has 7 nitrogen and oxygen atoms in total. The van der Waals surface area contributed by atoms with Gasteiger partial charge >= 0.3 is 5.97 Å². The smallest absolute Gasteiger partial charge is 0.336 e. The molecular formula is C19H23N3O4. The Morgan fingerprint density at radius 3 is 2.46 bits per heavy atom. The van der Waals surface area contributed by atoms with Crippen molar-refractivity contribution in [2.45, 2.75) is 18.6 Å². The zero-order valence-corrected chi connectivity index (χ0v) is 14.7. The molecule has 26 heavy (non-hydrogen) atoms. The minimum Gasteiger partial charge on any atom is -0.467 e. The molecule has 0 fully saturated rings. The standard InChI is InChI=1S/C19H23N3O4/c1-21-18(24)13-8-9-15(14(20)11-13)22-16(17(23)19(25)26-2)10-12-6-4-3-5-7-12/h3-9,11,16-17,22-23H,10,20H2,1-2H3,(H,21,24)/t16-,17+/m1/s1. The third-order valence-corrected chi connectivity index (χ3v) is 4.00. The number of esters is 1. The van der Waals surface area contributed by atoms with E-state index in [0.29, 0.717) is 23.4 Å². The number of carbonyl (C=O) groups is 2. The lowest BCUT2D eigenvalue weighted by Gasteiger charge is -2.24. The molecule has 0 aliphatic heterocycles. The van der Waals surface area contributed by atoms with Crippen molar-refractivity contribution < 1.29 is 19.4 Å². The van der Waals surface area contributed by atoms with Gasteiger partial charge in [-0.3, -0.25) is 4.79 Å². The Morgan fingerprint density at radius 1 is 1.19 bits per heavy atom. The molecule has 0 radical (unpaired) electrons. The molecule has 2 atom stereocenters. The molecule has 2 rings (SSSR count). The van der Waals surface area contributed by atoms with Crippen molar-refractivity contribution in [1.82, 2.24) is 5.32 Å². The summed E-state index contributed by atoms with van der Waals surface area (Å²) in [6.07, 6.45) is -0.994. The number of nitrogen functional groups attached to an aromatic ring is 1. The zero-order chi connectivity index (χ0) is 19.1. The van der Waals surface area contributed by atoms with Crippen LogP contribution in [0.5, 0.6) is 0 Å². The van der Waals surface area contributed by atoms with Crippen LogP contribution in [0.4, 0.5) is 11.4 Å². The third-order valence-electron chi connectivity index (χ3n) is 4.00. The van der Waals surface area contributed by atoms with Crippen LogP contribution in [0.15, 0.2) is 48.5 Å². The Hall–Kier alpha value is -3.06. The number of nitrogens with two attached hydrogens (primary N) is 1. The van der Waals surface area contributed by atoms with E-state index in [4.69, 9.17) is 5.73 Å². The van der Waals surface area contributed by atoms with Crippen LogP contribution >= 0.6 is 0 Å². The second kappa shape index (κ2) is 8.87. The summed E-state index contributed by atoms with van der Waals surface area (Å²) in [5, 5.41) is 15.9. The normalized spacial score (nSPS) is 12.7. The van der Waals surface area contributed by atoms with E-state index in [1.54, 1.807) is 12.1 Å². The molecule has 0 aromatic heterocycles. The summed E-state index contributed by atoms with van der Waals surface area (Å²) < 4.78 is 4.65. The highest BCUT2D eigenvalue weighted by Crippen LogP contribution is 2.23. The number of rotatable bonds is 7. The Bertz CT molecular complexity index is 765. The maximum atomic E-state index is 11.8. The second-order valence-corrected chi connectivity index (χ2v) is 5.79. The van der Waals surface area contributed by atoms with E-state index in [2.05, 4.69) is 15.4 Å². The SMILES string of the molecule is CNC(=O)c1ccc(N[C@H](Cc2ccccc2)[C@H](O)C(=O)OC)c(N)c1. The van der Waals surface area contributed by atoms with Crippen LogP contribution in [-0.2, 0) is 16.0 Å². The summed E-state index contributed by atoms with van der Waals surface area (Å²) in [5.41, 5.74) is 8.23. The highest BCUT2D eigenvalue weighted by molar-refractivity contribution is 5.96. The largest absolute Gasteiger partial charge is 0.467 e. The molecule has 0 aliphatic carbocycles. The van der Waals surface area contributed by atoms with E-state index in [0.717, 1.165) is 5.56 Å². The fraction of sp³-hybridized carbons (Fsp3) is 0.263. The molecule has 0 spiro atoms. The summed E-state index contributed by atoms with van der Waals surface area (Å²) in [4.78, 5) is 23.5. The van der Waals surface area contributed by atoms with Crippen molar-refractivity contribution in [2.24, 2.45) is 0 Å². The van der Waals surface area contributed by atoms with Gasteiger partial charge in [0.15, 0.2) is 6.10 Å². The Labute approximate surface area is 152 Å². The summed E-state index contributed by atoms with van der Waals surface area (Å²) in [6.45, 7) is 0. The number of aliphatic hydroxyl groups excluding tert-OH is 1. The van der Waals surface area contributed by atoms with Gasteiger partial charge in [0.25, 0.3) is 5.91 Å². The molecule has 0 bridgehead atoms. The van der Waals surface area contributed by atoms with Gasteiger partial charge in [-0.15, -0.1) is 0 Å². The predicted octanol–water partition coefficient (Wildman–Crippen LogP) is 1.19. The topological polar surface area (TPSA) is 114 Å². The first-order valence-corrected chi connectivity index (χ1v) is 8.14. The van der Waals surface area contributed by atoms with Crippen molar-refractivity contribution in [3.05, 3.63) is 59.7 Å². The van der Waals surface area contributed by atoms with E-state index >= 15 is 0 Å². The molecule has 0 unspecified atom stereocenters. The Balaban J connectivity index is 2.25. The molecule has 0 saturated carbocycles. The maximum Gasteiger partial charge on any atom is 0.336 e. The quantitative estimate of drug-likeness (QED) is 0.437. The molecule has 5 N–H and O–H groups in total. The summed E-state index contributed by atoms with van der Waals surface area (Å²) >= 11 is 0. The number of amides is 1. The van der Waals surface area contributed by atoms with Crippen molar-refractivity contribution in [1.29, 1.82) is 0 Å². The monoisotopic (exact) mass is 357 g/mol. The first kappa shape index (κ1) is 19.3. The van der Waals surface area contributed by atoms with Gasteiger partial charge in [-0.1, -0.05) is 30.3 Å². The molecule has 0 saturated heterocycles. The average Bonchev–Trinajstić information content (AvgIpc) is 2.67. The zero-order valence-electron chi connectivity index (χ0n) is 14.7. The number of aliphatic hydroxyl groups is 1. The highest BCUT2D eigenvalue weighted by atomic mass is 16.5. The van der Waals surface area contributed by atoms with Crippen LogP contribution in [-0.4, -0.2) is 43.3 Å². The van der Waals surface area contributed by atoms with Gasteiger partial charge in [0, 0.05) is 12.6 Å². The van der Waals surface area contributed by atoms with Crippen molar-refractivity contribution in [2.75, 3.05) is 25.2 Å². The van der Waals surface area contributed by atoms with Crippen LogP contribution < -0.4 is 16.4 Å². The number of methoxy groups -OCH3 is 1. The number of hydrogen-bond acceptors (Lipinski definition) is 6. The molecule has 2 aromatic carbocycles.